The Morgan fingerprint density at radius 2 is 1.60 bits per heavy atom. The van der Waals surface area contributed by atoms with E-state index in [-0.39, 0.29) is 0 Å². The third kappa shape index (κ3) is 2.14. The summed E-state index contributed by atoms with van der Waals surface area (Å²) in [7, 11) is 0. The van der Waals surface area contributed by atoms with E-state index >= 15 is 0 Å². The SMILES string of the molecule is CC(C)N1C2CCC(CCN3C4CCCC3CC4)C1C2. The van der Waals surface area contributed by atoms with E-state index in [0.717, 1.165) is 36.1 Å². The molecule has 0 aromatic heterocycles. The molecule has 20 heavy (non-hydrogen) atoms. The molecule has 114 valence electrons. The smallest absolute Gasteiger partial charge is 0.0144 e. The molecule has 1 saturated carbocycles. The Morgan fingerprint density at radius 1 is 0.900 bits per heavy atom. The summed E-state index contributed by atoms with van der Waals surface area (Å²) < 4.78 is 0. The largest absolute Gasteiger partial charge is 0.297 e. The summed E-state index contributed by atoms with van der Waals surface area (Å²) in [6, 6.07) is 4.59. The topological polar surface area (TPSA) is 6.48 Å². The maximum Gasteiger partial charge on any atom is 0.0144 e. The van der Waals surface area contributed by atoms with Gasteiger partial charge in [0.15, 0.2) is 0 Å². The lowest BCUT2D eigenvalue weighted by molar-refractivity contribution is -0.0900. The predicted octanol–water partition coefficient (Wildman–Crippen LogP) is 3.65. The molecule has 5 unspecified atom stereocenters. The minimum absolute atomic E-state index is 0.771. The van der Waals surface area contributed by atoms with Crippen molar-refractivity contribution in [2.75, 3.05) is 6.54 Å². The van der Waals surface area contributed by atoms with Crippen molar-refractivity contribution in [3.63, 3.8) is 0 Å². The lowest BCUT2D eigenvalue weighted by Gasteiger charge is -2.59. The second-order valence-corrected chi connectivity index (χ2v) is 8.18. The summed E-state index contributed by atoms with van der Waals surface area (Å²) in [5, 5.41) is 0. The van der Waals surface area contributed by atoms with Crippen molar-refractivity contribution in [2.24, 2.45) is 5.92 Å². The van der Waals surface area contributed by atoms with Crippen molar-refractivity contribution in [1.29, 1.82) is 0 Å². The molecule has 0 aromatic carbocycles. The van der Waals surface area contributed by atoms with Crippen molar-refractivity contribution in [3.05, 3.63) is 0 Å². The molecule has 2 heteroatoms. The van der Waals surface area contributed by atoms with E-state index in [1.807, 2.05) is 0 Å². The summed E-state index contributed by atoms with van der Waals surface area (Å²) in [5.41, 5.74) is 0. The number of hydrogen-bond donors (Lipinski definition) is 0. The molecular formula is C18H32N2. The molecule has 5 fully saturated rings. The average Bonchev–Trinajstić information content (AvgIpc) is 2.64. The standard InChI is InChI=1S/C18H32N2/c1-13(2)20-17-7-6-14(18(20)12-17)10-11-19-15-4-3-5-16(19)9-8-15/h13-18H,3-12H2,1-2H3. The maximum absolute atomic E-state index is 2.91. The molecular weight excluding hydrogens is 244 g/mol. The van der Waals surface area contributed by atoms with Gasteiger partial charge in [0, 0.05) is 30.2 Å². The number of fused-ring (bicyclic) bond motifs is 4. The summed E-state index contributed by atoms with van der Waals surface area (Å²) in [4.78, 5) is 5.74. The zero-order valence-electron chi connectivity index (χ0n) is 13.4. The highest BCUT2D eigenvalue weighted by Gasteiger charge is 2.47. The van der Waals surface area contributed by atoms with Gasteiger partial charge in [0.05, 0.1) is 0 Å². The molecule has 4 heterocycles. The number of hydrogen-bond acceptors (Lipinski definition) is 2. The quantitative estimate of drug-likeness (QED) is 0.773. The zero-order valence-corrected chi connectivity index (χ0v) is 13.4. The predicted molar refractivity (Wildman–Crippen MR) is 83.9 cm³/mol. The molecule has 0 amide bonds. The van der Waals surface area contributed by atoms with Crippen LogP contribution in [0, 0.1) is 5.92 Å². The fourth-order valence-electron chi connectivity index (χ4n) is 6.00. The first kappa shape index (κ1) is 13.6. The van der Waals surface area contributed by atoms with Crippen LogP contribution in [-0.4, -0.2) is 46.6 Å². The van der Waals surface area contributed by atoms with Crippen molar-refractivity contribution >= 4 is 0 Å². The van der Waals surface area contributed by atoms with Crippen LogP contribution in [0.4, 0.5) is 0 Å². The van der Waals surface area contributed by atoms with Gasteiger partial charge in [-0.2, -0.15) is 0 Å². The second-order valence-electron chi connectivity index (χ2n) is 8.18. The molecule has 2 nitrogen and oxygen atoms in total. The normalized spacial score (nSPS) is 44.9. The highest BCUT2D eigenvalue weighted by molar-refractivity contribution is 5.03. The summed E-state index contributed by atoms with van der Waals surface area (Å²) in [6.07, 6.45) is 13.5. The van der Waals surface area contributed by atoms with E-state index in [2.05, 4.69) is 23.6 Å². The van der Waals surface area contributed by atoms with E-state index in [4.69, 9.17) is 0 Å². The Morgan fingerprint density at radius 3 is 2.25 bits per heavy atom. The number of nitrogens with zero attached hydrogens (tertiary/aromatic N) is 2. The number of piperidine rings is 2. The molecule has 5 atom stereocenters. The van der Waals surface area contributed by atoms with Crippen molar-refractivity contribution in [1.82, 2.24) is 9.80 Å². The zero-order chi connectivity index (χ0) is 13.7. The third-order valence-corrected chi connectivity index (χ3v) is 6.93. The minimum Gasteiger partial charge on any atom is -0.297 e. The van der Waals surface area contributed by atoms with Gasteiger partial charge in [-0.05, 0) is 77.7 Å². The Kier molecular flexibility index (Phi) is 3.58. The summed E-state index contributed by atoms with van der Waals surface area (Å²) in [5.74, 6) is 1.00. The van der Waals surface area contributed by atoms with Crippen LogP contribution in [0.5, 0.6) is 0 Å². The van der Waals surface area contributed by atoms with Gasteiger partial charge in [-0.1, -0.05) is 6.42 Å². The Bertz CT molecular complexity index is 335. The maximum atomic E-state index is 2.91. The van der Waals surface area contributed by atoms with Gasteiger partial charge in [0.25, 0.3) is 0 Å². The average molecular weight is 276 g/mol. The van der Waals surface area contributed by atoms with E-state index in [9.17, 15) is 0 Å². The van der Waals surface area contributed by atoms with Gasteiger partial charge in [-0.15, -0.1) is 0 Å². The van der Waals surface area contributed by atoms with E-state index in [1.165, 1.54) is 64.3 Å². The molecule has 4 bridgehead atoms. The molecule has 0 N–H and O–H groups in total. The monoisotopic (exact) mass is 276 g/mol. The minimum atomic E-state index is 0.771. The Balaban J connectivity index is 1.33. The van der Waals surface area contributed by atoms with Crippen LogP contribution in [0.25, 0.3) is 0 Å². The molecule has 5 aliphatic rings. The second kappa shape index (κ2) is 5.28. The fourth-order valence-corrected chi connectivity index (χ4v) is 6.00. The molecule has 0 spiro atoms. The fraction of sp³-hybridized carbons (Fsp3) is 1.00. The lowest BCUT2D eigenvalue weighted by Crippen LogP contribution is -2.64. The molecule has 5 rings (SSSR count). The molecule has 4 saturated heterocycles. The first-order chi connectivity index (χ1) is 9.74. The van der Waals surface area contributed by atoms with E-state index < -0.39 is 0 Å². The van der Waals surface area contributed by atoms with Gasteiger partial charge < -0.3 is 0 Å². The van der Waals surface area contributed by atoms with Crippen LogP contribution in [0.2, 0.25) is 0 Å². The lowest BCUT2D eigenvalue weighted by atomic mass is 9.70. The van der Waals surface area contributed by atoms with Crippen LogP contribution in [0.3, 0.4) is 0 Å². The van der Waals surface area contributed by atoms with Gasteiger partial charge in [0.1, 0.15) is 0 Å². The highest BCUT2D eigenvalue weighted by Crippen LogP contribution is 2.45. The van der Waals surface area contributed by atoms with Gasteiger partial charge in [-0.3, -0.25) is 9.80 Å². The molecule has 0 aromatic rings. The van der Waals surface area contributed by atoms with E-state index in [0.29, 0.717) is 0 Å². The van der Waals surface area contributed by atoms with Crippen LogP contribution < -0.4 is 0 Å². The first-order valence-electron chi connectivity index (χ1n) is 9.27. The van der Waals surface area contributed by atoms with Crippen LogP contribution in [0.15, 0.2) is 0 Å². The van der Waals surface area contributed by atoms with Crippen molar-refractivity contribution in [3.8, 4) is 0 Å². The molecule has 0 radical (unpaired) electrons. The van der Waals surface area contributed by atoms with Crippen LogP contribution >= 0.6 is 0 Å². The summed E-state index contributed by atoms with van der Waals surface area (Å²) >= 11 is 0. The van der Waals surface area contributed by atoms with Crippen molar-refractivity contribution < 1.29 is 0 Å². The first-order valence-corrected chi connectivity index (χ1v) is 9.27. The van der Waals surface area contributed by atoms with Crippen LogP contribution in [-0.2, 0) is 0 Å². The third-order valence-electron chi connectivity index (χ3n) is 6.93. The Hall–Kier alpha value is -0.0800. The Labute approximate surface area is 124 Å². The molecule has 1 aliphatic carbocycles. The summed E-state index contributed by atoms with van der Waals surface area (Å²) in [6.45, 7) is 6.20. The van der Waals surface area contributed by atoms with Gasteiger partial charge >= 0.3 is 0 Å². The van der Waals surface area contributed by atoms with Crippen LogP contribution in [0.1, 0.15) is 71.6 Å². The number of rotatable bonds is 4. The molecule has 4 aliphatic heterocycles. The van der Waals surface area contributed by atoms with Gasteiger partial charge in [0.2, 0.25) is 0 Å². The van der Waals surface area contributed by atoms with Crippen molar-refractivity contribution in [2.45, 2.75) is 102 Å². The van der Waals surface area contributed by atoms with Gasteiger partial charge in [-0.25, -0.2) is 0 Å². The highest BCUT2D eigenvalue weighted by atomic mass is 15.3. The van der Waals surface area contributed by atoms with E-state index in [1.54, 1.807) is 0 Å².